The van der Waals surface area contributed by atoms with E-state index in [2.05, 4.69) is 18.8 Å². The van der Waals surface area contributed by atoms with Gasteiger partial charge in [-0.1, -0.05) is 19.4 Å². The van der Waals surface area contributed by atoms with Gasteiger partial charge in [-0.3, -0.25) is 0 Å². The zero-order valence-electron chi connectivity index (χ0n) is 10.4. The first kappa shape index (κ1) is 13.2. The van der Waals surface area contributed by atoms with Crippen LogP contribution in [0.15, 0.2) is 12.2 Å². The van der Waals surface area contributed by atoms with Crippen molar-refractivity contribution in [3.63, 3.8) is 0 Å². The van der Waals surface area contributed by atoms with E-state index in [0.29, 0.717) is 24.8 Å². The molecule has 1 saturated carbocycles. The van der Waals surface area contributed by atoms with E-state index in [9.17, 15) is 4.79 Å². The molecule has 1 fully saturated rings. The summed E-state index contributed by atoms with van der Waals surface area (Å²) in [5.41, 5.74) is 0.520. The van der Waals surface area contributed by atoms with E-state index in [1.165, 1.54) is 25.7 Å². The molecule has 1 N–H and O–H groups in total. The molecule has 0 aromatic rings. The zero-order chi connectivity index (χ0) is 12.0. The molecule has 0 aromatic heterocycles. The molecular weight excluding hydrogens is 202 g/mol. The highest BCUT2D eigenvalue weighted by molar-refractivity contribution is 5.88. The van der Waals surface area contributed by atoms with Gasteiger partial charge in [-0.25, -0.2) is 4.79 Å². The van der Waals surface area contributed by atoms with Crippen LogP contribution >= 0.6 is 0 Å². The van der Waals surface area contributed by atoms with Crippen molar-refractivity contribution in [1.29, 1.82) is 0 Å². The van der Waals surface area contributed by atoms with Crippen LogP contribution in [0.1, 0.15) is 39.5 Å². The summed E-state index contributed by atoms with van der Waals surface area (Å²) in [6.07, 6.45) is 5.30. The molecule has 3 heteroatoms. The molecule has 3 nitrogen and oxygen atoms in total. The fourth-order valence-corrected chi connectivity index (χ4v) is 2.21. The lowest BCUT2D eigenvalue weighted by molar-refractivity contribution is -0.138. The number of hydrogen-bond donors (Lipinski definition) is 1. The molecule has 0 bridgehead atoms. The van der Waals surface area contributed by atoms with Crippen LogP contribution < -0.4 is 5.32 Å². The number of rotatable bonds is 6. The third kappa shape index (κ3) is 3.97. The highest BCUT2D eigenvalue weighted by atomic mass is 16.5. The zero-order valence-corrected chi connectivity index (χ0v) is 10.4. The Hall–Kier alpha value is -0.830. The molecule has 0 radical (unpaired) electrons. The van der Waals surface area contributed by atoms with Gasteiger partial charge in [0.25, 0.3) is 0 Å². The van der Waals surface area contributed by atoms with Crippen LogP contribution in [-0.4, -0.2) is 25.2 Å². The van der Waals surface area contributed by atoms with Crippen LogP contribution in [0.25, 0.3) is 0 Å². The second-order valence-corrected chi connectivity index (χ2v) is 4.54. The quantitative estimate of drug-likeness (QED) is 0.556. The fraction of sp³-hybridized carbons (Fsp3) is 0.769. The second kappa shape index (κ2) is 6.69. The summed E-state index contributed by atoms with van der Waals surface area (Å²) in [5.74, 6) is 0.476. The van der Waals surface area contributed by atoms with Crippen molar-refractivity contribution in [3.05, 3.63) is 12.2 Å². The van der Waals surface area contributed by atoms with Crippen molar-refractivity contribution in [2.75, 3.05) is 13.2 Å². The summed E-state index contributed by atoms with van der Waals surface area (Å²) in [5, 5.41) is 3.36. The molecule has 92 valence electrons. The molecule has 0 saturated heterocycles. The van der Waals surface area contributed by atoms with Crippen LogP contribution in [-0.2, 0) is 9.53 Å². The lowest BCUT2D eigenvalue weighted by atomic mass is 10.00. The third-order valence-corrected chi connectivity index (χ3v) is 3.31. The summed E-state index contributed by atoms with van der Waals surface area (Å²) < 4.78 is 4.88. The Labute approximate surface area is 98.2 Å². The van der Waals surface area contributed by atoms with Gasteiger partial charge in [-0.15, -0.1) is 0 Å². The summed E-state index contributed by atoms with van der Waals surface area (Å²) in [6, 6.07) is 0.466. The number of nitrogens with one attached hydrogen (secondary N) is 1. The van der Waals surface area contributed by atoms with Crippen LogP contribution in [0.4, 0.5) is 0 Å². The maximum atomic E-state index is 11.3. The summed E-state index contributed by atoms with van der Waals surface area (Å²) in [4.78, 5) is 11.3. The molecule has 1 rings (SSSR count). The van der Waals surface area contributed by atoms with Gasteiger partial charge in [-0.05, 0) is 32.6 Å². The van der Waals surface area contributed by atoms with Crippen LogP contribution in [0.5, 0.6) is 0 Å². The Bertz CT molecular complexity index is 244. The van der Waals surface area contributed by atoms with Crippen molar-refractivity contribution in [2.24, 2.45) is 5.92 Å². The highest BCUT2D eigenvalue weighted by Gasteiger charge is 2.21. The Kier molecular flexibility index (Phi) is 5.53. The summed E-state index contributed by atoms with van der Waals surface area (Å²) in [7, 11) is 0. The van der Waals surface area contributed by atoms with Crippen molar-refractivity contribution in [2.45, 2.75) is 45.6 Å². The Morgan fingerprint density at radius 1 is 1.50 bits per heavy atom. The van der Waals surface area contributed by atoms with Crippen molar-refractivity contribution >= 4 is 5.97 Å². The van der Waals surface area contributed by atoms with Crippen LogP contribution in [0.2, 0.25) is 0 Å². The van der Waals surface area contributed by atoms with Crippen LogP contribution in [0.3, 0.4) is 0 Å². The molecule has 1 aliphatic rings. The molecule has 0 heterocycles. The number of carbonyl (C=O) groups is 1. The third-order valence-electron chi connectivity index (χ3n) is 3.31. The highest BCUT2D eigenvalue weighted by Crippen LogP contribution is 2.27. The predicted molar refractivity (Wildman–Crippen MR) is 65.2 cm³/mol. The molecule has 0 amide bonds. The van der Waals surface area contributed by atoms with E-state index in [1.54, 1.807) is 6.92 Å². The minimum Gasteiger partial charge on any atom is -0.463 e. The predicted octanol–water partition coefficient (Wildman–Crippen LogP) is 2.27. The molecule has 1 unspecified atom stereocenters. The van der Waals surface area contributed by atoms with E-state index in [-0.39, 0.29) is 5.97 Å². The lowest BCUT2D eigenvalue weighted by Crippen LogP contribution is -2.34. The number of hydrogen-bond acceptors (Lipinski definition) is 3. The van der Waals surface area contributed by atoms with Gasteiger partial charge in [-0.2, -0.15) is 0 Å². The molecule has 0 spiro atoms. The maximum absolute atomic E-state index is 11.3. The van der Waals surface area contributed by atoms with Gasteiger partial charge >= 0.3 is 5.97 Å². The average Bonchev–Trinajstić information content (AvgIpc) is 2.79. The smallest absolute Gasteiger partial charge is 0.334 e. The average molecular weight is 225 g/mol. The van der Waals surface area contributed by atoms with E-state index in [4.69, 9.17) is 4.74 Å². The summed E-state index contributed by atoms with van der Waals surface area (Å²) >= 11 is 0. The Balaban J connectivity index is 2.22. The molecular formula is C13H23NO2. The van der Waals surface area contributed by atoms with E-state index in [1.807, 2.05) is 0 Å². The number of esters is 1. The van der Waals surface area contributed by atoms with Gasteiger partial charge in [0.2, 0.25) is 0 Å². The first-order valence-electron chi connectivity index (χ1n) is 6.23. The van der Waals surface area contributed by atoms with E-state index in [0.717, 1.165) is 5.92 Å². The molecule has 0 aromatic carbocycles. The minimum absolute atomic E-state index is 0.284. The number of ether oxygens (including phenoxy) is 1. The van der Waals surface area contributed by atoms with Gasteiger partial charge in [0.05, 0.1) is 6.61 Å². The van der Waals surface area contributed by atoms with Gasteiger partial charge < -0.3 is 10.1 Å². The maximum Gasteiger partial charge on any atom is 0.334 e. The first-order valence-corrected chi connectivity index (χ1v) is 6.23. The largest absolute Gasteiger partial charge is 0.463 e. The van der Waals surface area contributed by atoms with Gasteiger partial charge in [0.1, 0.15) is 0 Å². The Morgan fingerprint density at radius 2 is 2.12 bits per heavy atom. The van der Waals surface area contributed by atoms with Crippen molar-refractivity contribution < 1.29 is 9.53 Å². The molecule has 16 heavy (non-hydrogen) atoms. The van der Waals surface area contributed by atoms with E-state index >= 15 is 0 Å². The minimum atomic E-state index is -0.284. The standard InChI is InChI=1S/C13H23NO2/c1-4-16-13(15)10(2)9-14-11(3)12-7-5-6-8-12/h11-12,14H,2,4-9H2,1,3H3. The second-order valence-electron chi connectivity index (χ2n) is 4.54. The van der Waals surface area contributed by atoms with Gasteiger partial charge in [0, 0.05) is 18.2 Å². The fourth-order valence-electron chi connectivity index (χ4n) is 2.21. The lowest BCUT2D eigenvalue weighted by Gasteiger charge is -2.20. The van der Waals surface area contributed by atoms with Crippen LogP contribution in [0, 0.1) is 5.92 Å². The first-order chi connectivity index (χ1) is 7.65. The van der Waals surface area contributed by atoms with Crippen molar-refractivity contribution in [1.82, 2.24) is 5.32 Å². The molecule has 1 atom stereocenters. The molecule has 0 aliphatic heterocycles. The SMILES string of the molecule is C=C(CNC(C)C1CCCC1)C(=O)OCC. The van der Waals surface area contributed by atoms with Crippen molar-refractivity contribution in [3.8, 4) is 0 Å². The number of carbonyl (C=O) groups excluding carboxylic acids is 1. The summed E-state index contributed by atoms with van der Waals surface area (Å²) in [6.45, 7) is 8.68. The monoisotopic (exact) mass is 225 g/mol. The van der Waals surface area contributed by atoms with Gasteiger partial charge in [0.15, 0.2) is 0 Å². The topological polar surface area (TPSA) is 38.3 Å². The Morgan fingerprint density at radius 3 is 2.69 bits per heavy atom. The molecule has 1 aliphatic carbocycles. The van der Waals surface area contributed by atoms with E-state index < -0.39 is 0 Å². The normalized spacial score (nSPS) is 18.4.